The Morgan fingerprint density at radius 1 is 1.40 bits per heavy atom. The van der Waals surface area contributed by atoms with E-state index in [9.17, 15) is 4.79 Å². The molecule has 0 saturated carbocycles. The molecule has 0 bridgehead atoms. The molecule has 1 aromatic carbocycles. The van der Waals surface area contributed by atoms with Crippen LogP contribution in [-0.4, -0.2) is 29.6 Å². The summed E-state index contributed by atoms with van der Waals surface area (Å²) in [7, 11) is 1.82. The first-order valence-electron chi connectivity index (χ1n) is 4.99. The number of likely N-dealkylation sites (N-methyl/N-ethyl adjacent to an activating group) is 1. The van der Waals surface area contributed by atoms with Crippen molar-refractivity contribution in [3.63, 3.8) is 0 Å². The molecule has 1 rings (SSSR count). The van der Waals surface area contributed by atoms with E-state index in [2.05, 4.69) is 0 Å². The quantitative estimate of drug-likeness (QED) is 0.821. The second-order valence-electron chi connectivity index (χ2n) is 3.90. The summed E-state index contributed by atoms with van der Waals surface area (Å²) in [4.78, 5) is 12.4. The Bertz CT molecular complexity index is 332. The Labute approximate surface area is 90.3 Å². The maximum absolute atomic E-state index is 10.6. The van der Waals surface area contributed by atoms with Crippen LogP contribution in [0.3, 0.4) is 0 Å². The number of hydrogen-bond acceptors (Lipinski definition) is 2. The second kappa shape index (κ2) is 4.94. The lowest BCUT2D eigenvalue weighted by Gasteiger charge is -2.23. The summed E-state index contributed by atoms with van der Waals surface area (Å²) in [6.45, 7) is 4.11. The standard InChI is InChI=1S/C12H17NO2/c1-9-4-6-11(7-5-9)10(2)13(3)8-12(14)15/h4-7,10H,8H2,1-3H3,(H,14,15). The van der Waals surface area contributed by atoms with Crippen LogP contribution >= 0.6 is 0 Å². The van der Waals surface area contributed by atoms with Gasteiger partial charge in [0.1, 0.15) is 0 Å². The number of carboxylic acid groups (broad SMARTS) is 1. The predicted molar refractivity (Wildman–Crippen MR) is 59.9 cm³/mol. The van der Waals surface area contributed by atoms with E-state index in [-0.39, 0.29) is 12.6 Å². The summed E-state index contributed by atoms with van der Waals surface area (Å²) in [5.74, 6) is -0.795. The van der Waals surface area contributed by atoms with Crippen LogP contribution in [0.5, 0.6) is 0 Å². The van der Waals surface area contributed by atoms with Crippen LogP contribution in [0.25, 0.3) is 0 Å². The van der Waals surface area contributed by atoms with Crippen molar-refractivity contribution in [3.8, 4) is 0 Å². The van der Waals surface area contributed by atoms with Crippen LogP contribution in [-0.2, 0) is 4.79 Å². The molecule has 1 aromatic rings. The van der Waals surface area contributed by atoms with Gasteiger partial charge in [0.25, 0.3) is 0 Å². The number of nitrogens with zero attached hydrogens (tertiary/aromatic N) is 1. The van der Waals surface area contributed by atoms with E-state index < -0.39 is 5.97 Å². The number of carbonyl (C=O) groups is 1. The summed E-state index contributed by atoms with van der Waals surface area (Å²) in [6, 6.07) is 8.29. The van der Waals surface area contributed by atoms with Gasteiger partial charge >= 0.3 is 5.97 Å². The molecule has 1 atom stereocenters. The largest absolute Gasteiger partial charge is 0.480 e. The van der Waals surface area contributed by atoms with E-state index in [1.807, 2.05) is 50.1 Å². The maximum atomic E-state index is 10.6. The SMILES string of the molecule is Cc1ccc(C(C)N(C)CC(=O)O)cc1. The minimum absolute atomic E-state index is 0.0645. The third-order valence-electron chi connectivity index (χ3n) is 2.61. The van der Waals surface area contributed by atoms with Gasteiger partial charge in [0, 0.05) is 6.04 Å². The molecule has 0 fully saturated rings. The highest BCUT2D eigenvalue weighted by molar-refractivity contribution is 5.69. The number of carboxylic acids is 1. The first-order valence-corrected chi connectivity index (χ1v) is 4.99. The van der Waals surface area contributed by atoms with Crippen molar-refractivity contribution in [2.75, 3.05) is 13.6 Å². The molecule has 0 amide bonds. The summed E-state index contributed by atoms with van der Waals surface area (Å²) < 4.78 is 0. The fourth-order valence-corrected chi connectivity index (χ4v) is 1.45. The van der Waals surface area contributed by atoms with Gasteiger partial charge in [0.15, 0.2) is 0 Å². The lowest BCUT2D eigenvalue weighted by Crippen LogP contribution is -2.28. The Balaban J connectivity index is 2.71. The lowest BCUT2D eigenvalue weighted by atomic mass is 10.1. The number of rotatable bonds is 4. The van der Waals surface area contributed by atoms with Gasteiger partial charge in [-0.1, -0.05) is 29.8 Å². The summed E-state index contributed by atoms with van der Waals surface area (Å²) in [5, 5.41) is 8.68. The Morgan fingerprint density at radius 2 is 1.93 bits per heavy atom. The zero-order chi connectivity index (χ0) is 11.4. The fraction of sp³-hybridized carbons (Fsp3) is 0.417. The molecule has 0 heterocycles. The van der Waals surface area contributed by atoms with Crippen LogP contribution in [0.4, 0.5) is 0 Å². The van der Waals surface area contributed by atoms with Crippen molar-refractivity contribution in [2.24, 2.45) is 0 Å². The Kier molecular flexibility index (Phi) is 3.86. The van der Waals surface area contributed by atoms with E-state index in [1.54, 1.807) is 0 Å². The molecular formula is C12H17NO2. The van der Waals surface area contributed by atoms with Gasteiger partial charge in [-0.3, -0.25) is 9.69 Å². The Morgan fingerprint density at radius 3 is 2.40 bits per heavy atom. The van der Waals surface area contributed by atoms with Gasteiger partial charge in [-0.25, -0.2) is 0 Å². The van der Waals surface area contributed by atoms with Crippen LogP contribution < -0.4 is 0 Å². The monoisotopic (exact) mass is 207 g/mol. The van der Waals surface area contributed by atoms with Gasteiger partial charge in [0.05, 0.1) is 6.54 Å². The van der Waals surface area contributed by atoms with Crippen LogP contribution in [0, 0.1) is 6.92 Å². The van der Waals surface area contributed by atoms with Gasteiger partial charge in [-0.2, -0.15) is 0 Å². The average molecular weight is 207 g/mol. The molecule has 0 aliphatic rings. The van der Waals surface area contributed by atoms with E-state index in [4.69, 9.17) is 5.11 Å². The summed E-state index contributed by atoms with van der Waals surface area (Å²) in [6.07, 6.45) is 0. The third kappa shape index (κ3) is 3.36. The molecule has 3 nitrogen and oxygen atoms in total. The molecule has 1 N–H and O–H groups in total. The third-order valence-corrected chi connectivity index (χ3v) is 2.61. The fourth-order valence-electron chi connectivity index (χ4n) is 1.45. The van der Waals surface area contributed by atoms with E-state index in [0.29, 0.717) is 0 Å². The molecule has 1 unspecified atom stereocenters. The van der Waals surface area contributed by atoms with E-state index >= 15 is 0 Å². The highest BCUT2D eigenvalue weighted by Crippen LogP contribution is 2.18. The van der Waals surface area contributed by atoms with Crippen molar-refractivity contribution in [2.45, 2.75) is 19.9 Å². The van der Waals surface area contributed by atoms with E-state index in [0.717, 1.165) is 5.56 Å². The Hall–Kier alpha value is -1.35. The van der Waals surface area contributed by atoms with Crippen LogP contribution in [0.1, 0.15) is 24.1 Å². The topological polar surface area (TPSA) is 40.5 Å². The highest BCUT2D eigenvalue weighted by Gasteiger charge is 2.13. The normalized spacial score (nSPS) is 12.8. The van der Waals surface area contributed by atoms with Gasteiger partial charge in [-0.05, 0) is 26.5 Å². The first kappa shape index (κ1) is 11.7. The van der Waals surface area contributed by atoms with E-state index in [1.165, 1.54) is 5.56 Å². The molecule has 0 aromatic heterocycles. The molecule has 0 saturated heterocycles. The highest BCUT2D eigenvalue weighted by atomic mass is 16.4. The molecular weight excluding hydrogens is 190 g/mol. The molecule has 15 heavy (non-hydrogen) atoms. The molecule has 0 spiro atoms. The maximum Gasteiger partial charge on any atom is 0.317 e. The van der Waals surface area contributed by atoms with Crippen molar-refractivity contribution in [1.29, 1.82) is 0 Å². The zero-order valence-electron chi connectivity index (χ0n) is 9.40. The van der Waals surface area contributed by atoms with Crippen molar-refractivity contribution < 1.29 is 9.90 Å². The predicted octanol–water partition coefficient (Wildman–Crippen LogP) is 2.07. The summed E-state index contributed by atoms with van der Waals surface area (Å²) in [5.41, 5.74) is 2.36. The smallest absolute Gasteiger partial charge is 0.317 e. The second-order valence-corrected chi connectivity index (χ2v) is 3.90. The number of benzene rings is 1. The lowest BCUT2D eigenvalue weighted by molar-refractivity contribution is -0.138. The van der Waals surface area contributed by atoms with Crippen molar-refractivity contribution in [3.05, 3.63) is 35.4 Å². The van der Waals surface area contributed by atoms with Crippen LogP contribution in [0.2, 0.25) is 0 Å². The number of aryl methyl sites for hydroxylation is 1. The molecule has 0 aliphatic carbocycles. The number of aliphatic carboxylic acids is 1. The van der Waals surface area contributed by atoms with Gasteiger partial charge in [0.2, 0.25) is 0 Å². The zero-order valence-corrected chi connectivity index (χ0v) is 9.40. The molecule has 82 valence electrons. The van der Waals surface area contributed by atoms with Crippen molar-refractivity contribution in [1.82, 2.24) is 4.90 Å². The van der Waals surface area contributed by atoms with Gasteiger partial charge in [-0.15, -0.1) is 0 Å². The number of hydrogen-bond donors (Lipinski definition) is 1. The first-order chi connectivity index (χ1) is 7.00. The van der Waals surface area contributed by atoms with Crippen molar-refractivity contribution >= 4 is 5.97 Å². The molecule has 0 radical (unpaired) electrons. The van der Waals surface area contributed by atoms with Gasteiger partial charge < -0.3 is 5.11 Å². The minimum Gasteiger partial charge on any atom is -0.480 e. The summed E-state index contributed by atoms with van der Waals surface area (Å²) >= 11 is 0. The minimum atomic E-state index is -0.795. The van der Waals surface area contributed by atoms with Crippen LogP contribution in [0.15, 0.2) is 24.3 Å². The molecule has 0 aliphatic heterocycles. The average Bonchev–Trinajstić information content (AvgIpc) is 2.17. The molecule has 3 heteroatoms.